The molecule has 0 atom stereocenters. The molecule has 8 nitrogen and oxygen atoms in total. The van der Waals surface area contributed by atoms with Gasteiger partial charge < -0.3 is 21.5 Å². The molecule has 4 rings (SSSR count). The Morgan fingerprint density at radius 1 is 1.19 bits per heavy atom. The van der Waals surface area contributed by atoms with Gasteiger partial charge in [0.2, 0.25) is 0 Å². The van der Waals surface area contributed by atoms with E-state index in [9.17, 15) is 14.3 Å². The molecule has 0 aliphatic carbocycles. The van der Waals surface area contributed by atoms with Gasteiger partial charge >= 0.3 is 6.03 Å². The van der Waals surface area contributed by atoms with Gasteiger partial charge in [0.05, 0.1) is 5.69 Å². The number of hydrogen-bond acceptors (Lipinski definition) is 5. The third-order valence-corrected chi connectivity index (χ3v) is 5.09. The number of fused-ring (bicyclic) bond motifs is 1. The van der Waals surface area contributed by atoms with E-state index in [1.54, 1.807) is 28.8 Å². The number of nitrogens with one attached hydrogen (secondary N) is 2. The van der Waals surface area contributed by atoms with Crippen LogP contribution in [0, 0.1) is 12.7 Å². The predicted molar refractivity (Wildman–Crippen MR) is 122 cm³/mol. The molecule has 2 aromatic carbocycles. The molecule has 9 heteroatoms. The molecule has 4 aromatic rings. The normalized spacial score (nSPS) is 11.0. The molecule has 0 bridgehead atoms. The van der Waals surface area contributed by atoms with Gasteiger partial charge in [-0.25, -0.2) is 18.7 Å². The number of carbonyl (C=O) groups excluding carboxylic acids is 1. The van der Waals surface area contributed by atoms with Crippen LogP contribution < -0.4 is 16.4 Å². The lowest BCUT2D eigenvalue weighted by molar-refractivity contribution is 0.262. The Labute approximate surface area is 183 Å². The number of anilines is 3. The van der Waals surface area contributed by atoms with E-state index in [1.165, 1.54) is 12.4 Å². The Kier molecular flexibility index (Phi) is 6.00. The second-order valence-corrected chi connectivity index (χ2v) is 7.43. The summed E-state index contributed by atoms with van der Waals surface area (Å²) in [6.45, 7) is 1.89. The molecule has 32 heavy (non-hydrogen) atoms. The summed E-state index contributed by atoms with van der Waals surface area (Å²) in [6.07, 6.45) is 4.53. The van der Waals surface area contributed by atoms with E-state index in [0.717, 1.165) is 22.3 Å². The van der Waals surface area contributed by atoms with Gasteiger partial charge in [-0.1, -0.05) is 18.2 Å². The number of rotatable bonds is 6. The Morgan fingerprint density at radius 3 is 2.72 bits per heavy atom. The fourth-order valence-electron chi connectivity index (χ4n) is 3.61. The van der Waals surface area contributed by atoms with E-state index < -0.39 is 11.8 Å². The van der Waals surface area contributed by atoms with Crippen molar-refractivity contribution in [2.75, 3.05) is 23.0 Å². The third kappa shape index (κ3) is 4.37. The first kappa shape index (κ1) is 21.3. The third-order valence-electron chi connectivity index (χ3n) is 5.09. The predicted octanol–water partition coefficient (Wildman–Crippen LogP) is 3.99. The number of nitrogens with two attached hydrogens (primary N) is 1. The van der Waals surface area contributed by atoms with Gasteiger partial charge in [-0.05, 0) is 60.7 Å². The number of nitrogens with zero attached hydrogens (tertiary/aromatic N) is 3. The first-order valence-corrected chi connectivity index (χ1v) is 10.1. The van der Waals surface area contributed by atoms with Crippen molar-refractivity contribution in [3.8, 4) is 11.1 Å². The molecular formula is C23H23FN6O2. The fraction of sp³-hybridized carbons (Fsp3) is 0.174. The smallest absolute Gasteiger partial charge is 0.323 e. The largest absolute Gasteiger partial charge is 0.396 e. The number of aromatic nitrogens is 3. The van der Waals surface area contributed by atoms with Gasteiger partial charge in [-0.2, -0.15) is 5.10 Å². The zero-order chi connectivity index (χ0) is 22.7. The number of hydrogen-bond donors (Lipinski definition) is 4. The van der Waals surface area contributed by atoms with E-state index in [1.807, 2.05) is 25.3 Å². The van der Waals surface area contributed by atoms with E-state index in [0.29, 0.717) is 29.9 Å². The number of aliphatic hydroxyl groups excluding tert-OH is 1. The average Bonchev–Trinajstić information content (AvgIpc) is 3.15. The zero-order valence-corrected chi connectivity index (χ0v) is 17.5. The van der Waals surface area contributed by atoms with Crippen molar-refractivity contribution in [1.82, 2.24) is 14.6 Å². The van der Waals surface area contributed by atoms with Crippen LogP contribution in [0.25, 0.3) is 16.6 Å². The molecule has 2 aromatic heterocycles. The molecule has 0 unspecified atom stereocenters. The first-order valence-electron chi connectivity index (χ1n) is 10.1. The number of carbonyl (C=O) groups is 1. The van der Waals surface area contributed by atoms with Crippen LogP contribution in [0.5, 0.6) is 0 Å². The standard InChI is InChI=1S/C23H23FN6O2/c1-14-4-9-18(24)19(11-14)29-23(32)28-17-7-5-15(6-8-17)20-16(3-2-10-31)12-30-21(20)22(25)26-13-27-30/h4-9,11-13,31H,2-3,10H2,1H3,(H2,25,26,27)(H2,28,29,32). The highest BCUT2D eigenvalue weighted by Gasteiger charge is 2.16. The molecule has 164 valence electrons. The maximum absolute atomic E-state index is 13.9. The Bertz CT molecular complexity index is 1270. The number of aliphatic hydroxyl groups is 1. The van der Waals surface area contributed by atoms with E-state index in [2.05, 4.69) is 20.7 Å². The van der Waals surface area contributed by atoms with Crippen molar-refractivity contribution in [3.63, 3.8) is 0 Å². The maximum atomic E-state index is 13.9. The van der Waals surface area contributed by atoms with Gasteiger partial charge in [0.1, 0.15) is 17.7 Å². The molecule has 2 heterocycles. The molecule has 0 saturated heterocycles. The summed E-state index contributed by atoms with van der Waals surface area (Å²) in [5.74, 6) is -0.149. The highest BCUT2D eigenvalue weighted by Crippen LogP contribution is 2.33. The van der Waals surface area contributed by atoms with Gasteiger partial charge in [0.25, 0.3) is 0 Å². The summed E-state index contributed by atoms with van der Waals surface area (Å²) in [5.41, 5.74) is 11.0. The topological polar surface area (TPSA) is 118 Å². The second-order valence-electron chi connectivity index (χ2n) is 7.43. The van der Waals surface area contributed by atoms with Crippen LogP contribution in [-0.4, -0.2) is 32.3 Å². The molecule has 5 N–H and O–H groups in total. The lowest BCUT2D eigenvalue weighted by Crippen LogP contribution is -2.20. The van der Waals surface area contributed by atoms with E-state index >= 15 is 0 Å². The average molecular weight is 434 g/mol. The summed E-state index contributed by atoms with van der Waals surface area (Å²) >= 11 is 0. The summed E-state index contributed by atoms with van der Waals surface area (Å²) in [5, 5.41) is 18.7. The van der Waals surface area contributed by atoms with Crippen LogP contribution >= 0.6 is 0 Å². The Hall–Kier alpha value is -3.98. The lowest BCUT2D eigenvalue weighted by Gasteiger charge is -2.10. The summed E-state index contributed by atoms with van der Waals surface area (Å²) in [6, 6.07) is 11.2. The van der Waals surface area contributed by atoms with Crippen LogP contribution in [0.15, 0.2) is 55.0 Å². The van der Waals surface area contributed by atoms with Gasteiger partial charge in [0.15, 0.2) is 5.82 Å². The maximum Gasteiger partial charge on any atom is 0.323 e. The highest BCUT2D eigenvalue weighted by molar-refractivity contribution is 6.00. The quantitative estimate of drug-likeness (QED) is 0.366. The molecule has 0 spiro atoms. The number of nitrogen functional groups attached to an aromatic ring is 1. The number of halogens is 1. The summed E-state index contributed by atoms with van der Waals surface area (Å²) in [7, 11) is 0. The second kappa shape index (κ2) is 9.03. The van der Waals surface area contributed by atoms with Crippen molar-refractivity contribution < 1.29 is 14.3 Å². The molecule has 0 fully saturated rings. The summed E-state index contributed by atoms with van der Waals surface area (Å²) < 4.78 is 15.6. The van der Waals surface area contributed by atoms with Crippen LogP contribution in [0.2, 0.25) is 0 Å². The Morgan fingerprint density at radius 2 is 1.97 bits per heavy atom. The molecular weight excluding hydrogens is 411 g/mol. The molecule has 2 amide bonds. The van der Waals surface area contributed by atoms with Gasteiger partial charge in [-0.15, -0.1) is 0 Å². The molecule has 0 radical (unpaired) electrons. The van der Waals surface area contributed by atoms with Crippen molar-refractivity contribution in [2.24, 2.45) is 0 Å². The molecule has 0 saturated carbocycles. The number of aryl methyl sites for hydroxylation is 2. The minimum atomic E-state index is -0.544. The zero-order valence-electron chi connectivity index (χ0n) is 17.5. The van der Waals surface area contributed by atoms with Gasteiger partial charge in [-0.3, -0.25) is 0 Å². The lowest BCUT2D eigenvalue weighted by atomic mass is 9.99. The number of benzene rings is 2. The van der Waals surface area contributed by atoms with Crippen molar-refractivity contribution in [2.45, 2.75) is 19.8 Å². The van der Waals surface area contributed by atoms with Crippen molar-refractivity contribution in [1.29, 1.82) is 0 Å². The molecule has 0 aliphatic heterocycles. The van der Waals surface area contributed by atoms with Crippen LogP contribution in [0.1, 0.15) is 17.5 Å². The fourth-order valence-corrected chi connectivity index (χ4v) is 3.61. The van der Waals surface area contributed by atoms with E-state index in [-0.39, 0.29) is 12.3 Å². The van der Waals surface area contributed by atoms with Crippen LogP contribution in [0.3, 0.4) is 0 Å². The van der Waals surface area contributed by atoms with Crippen LogP contribution in [-0.2, 0) is 6.42 Å². The minimum absolute atomic E-state index is 0.0757. The van der Waals surface area contributed by atoms with E-state index in [4.69, 9.17) is 5.73 Å². The molecule has 0 aliphatic rings. The highest BCUT2D eigenvalue weighted by atomic mass is 19.1. The summed E-state index contributed by atoms with van der Waals surface area (Å²) in [4.78, 5) is 16.4. The van der Waals surface area contributed by atoms with Crippen molar-refractivity contribution in [3.05, 3.63) is 71.9 Å². The number of amides is 2. The monoisotopic (exact) mass is 434 g/mol. The minimum Gasteiger partial charge on any atom is -0.396 e. The van der Waals surface area contributed by atoms with Crippen LogP contribution in [0.4, 0.5) is 26.4 Å². The number of urea groups is 1. The van der Waals surface area contributed by atoms with Gasteiger partial charge in [0, 0.05) is 24.1 Å². The SMILES string of the molecule is Cc1ccc(F)c(NC(=O)Nc2ccc(-c3c(CCCO)cn4ncnc(N)c34)cc2)c1. The Balaban J connectivity index is 1.58. The van der Waals surface area contributed by atoms with Crippen molar-refractivity contribution >= 4 is 28.7 Å². The first-order chi connectivity index (χ1) is 15.5.